The summed E-state index contributed by atoms with van der Waals surface area (Å²) < 4.78 is 0. The van der Waals surface area contributed by atoms with Gasteiger partial charge in [0.25, 0.3) is 0 Å². The smallest absolute Gasteiger partial charge is 0.0742 e. The van der Waals surface area contributed by atoms with E-state index in [2.05, 4.69) is 44.2 Å². The van der Waals surface area contributed by atoms with E-state index in [9.17, 15) is 0 Å². The molecular formula is C23H22N4O2V. The van der Waals surface area contributed by atoms with E-state index in [0.717, 1.165) is 44.8 Å². The largest absolute Gasteiger partial charge is 0.394 e. The average Bonchev–Trinajstić information content (AvgIpc) is 3.47. The molecule has 151 valence electrons. The zero-order valence-corrected chi connectivity index (χ0v) is 17.8. The minimum Gasteiger partial charge on any atom is -0.394 e. The van der Waals surface area contributed by atoms with Gasteiger partial charge in [-0.2, -0.15) is 0 Å². The van der Waals surface area contributed by atoms with E-state index in [4.69, 9.17) is 10.2 Å². The Bertz CT molecular complexity index is 1060. The van der Waals surface area contributed by atoms with E-state index in [0.29, 0.717) is 0 Å². The van der Waals surface area contributed by atoms with Crippen molar-refractivity contribution in [1.82, 2.24) is 19.9 Å². The first kappa shape index (κ1) is 21.8. The molecule has 0 saturated heterocycles. The molecule has 2 aliphatic rings. The van der Waals surface area contributed by atoms with E-state index < -0.39 is 6.10 Å². The Hall–Kier alpha value is -2.90. The van der Waals surface area contributed by atoms with Crippen molar-refractivity contribution in [2.24, 2.45) is 0 Å². The Morgan fingerprint density at radius 2 is 0.967 bits per heavy atom. The normalized spacial score (nSPS) is 12.6. The van der Waals surface area contributed by atoms with Crippen molar-refractivity contribution in [3.63, 3.8) is 0 Å². The predicted molar refractivity (Wildman–Crippen MR) is 118 cm³/mol. The van der Waals surface area contributed by atoms with Gasteiger partial charge in [-0.15, -0.1) is 0 Å². The first-order valence-electron chi connectivity index (χ1n) is 9.41. The zero-order valence-electron chi connectivity index (χ0n) is 16.4. The molecule has 2 aliphatic heterocycles. The molecule has 0 spiro atoms. The van der Waals surface area contributed by atoms with Crippen LogP contribution in [-0.2, 0) is 18.6 Å². The predicted octanol–water partition coefficient (Wildman–Crippen LogP) is 4.01. The van der Waals surface area contributed by atoms with Crippen LogP contribution in [0.25, 0.3) is 46.4 Å². The van der Waals surface area contributed by atoms with E-state index >= 15 is 0 Å². The molecule has 8 bridgehead atoms. The molecule has 0 saturated carbocycles. The number of aromatic amines is 2. The summed E-state index contributed by atoms with van der Waals surface area (Å²) in [6, 6.07) is 16.4. The number of nitrogens with zero attached hydrogens (tertiary/aromatic N) is 2. The third kappa shape index (κ3) is 5.59. The van der Waals surface area contributed by atoms with Crippen molar-refractivity contribution in [3.05, 3.63) is 71.3 Å². The molecular weight excluding hydrogens is 415 g/mol. The van der Waals surface area contributed by atoms with Crippen LogP contribution < -0.4 is 0 Å². The minimum absolute atomic E-state index is 0. The average molecular weight is 437 g/mol. The van der Waals surface area contributed by atoms with Crippen molar-refractivity contribution in [2.75, 3.05) is 6.61 Å². The number of hydrogen-bond acceptors (Lipinski definition) is 4. The molecule has 5 heterocycles. The Morgan fingerprint density at radius 1 is 0.700 bits per heavy atom. The summed E-state index contributed by atoms with van der Waals surface area (Å²) in [5.74, 6) is 0. The fourth-order valence-corrected chi connectivity index (χ4v) is 2.94. The maximum Gasteiger partial charge on any atom is 0.0742 e. The Morgan fingerprint density at radius 3 is 1.20 bits per heavy atom. The molecule has 4 N–H and O–H groups in total. The summed E-state index contributed by atoms with van der Waals surface area (Å²) in [6.45, 7) is 1.39. The van der Waals surface area contributed by atoms with Crippen LogP contribution in [0.4, 0.5) is 0 Å². The van der Waals surface area contributed by atoms with Crippen molar-refractivity contribution in [3.8, 4) is 0 Å². The van der Waals surface area contributed by atoms with Gasteiger partial charge in [0.2, 0.25) is 0 Å². The standard InChI is InChI=1S/C20H14N4.C3H8O2.V/c1-2-14-10-16-5-6-18(23-16)12-20-8-7-19(24-20)11-17-4-3-15(22-17)9-13(1)21-14;1-3(5)2-4;/h1-12,21,24H;3-5H,2H2,1H3;. The maximum atomic E-state index is 8.11. The molecule has 0 fully saturated rings. The van der Waals surface area contributed by atoms with Gasteiger partial charge in [-0.3, -0.25) is 0 Å². The number of hydrogen-bond donors (Lipinski definition) is 4. The molecule has 0 aromatic carbocycles. The molecule has 1 unspecified atom stereocenters. The van der Waals surface area contributed by atoms with Crippen LogP contribution in [0.3, 0.4) is 0 Å². The molecule has 3 aromatic heterocycles. The molecule has 6 nitrogen and oxygen atoms in total. The van der Waals surface area contributed by atoms with Gasteiger partial charge in [-0.1, -0.05) is 0 Å². The number of fused-ring (bicyclic) bond motifs is 8. The van der Waals surface area contributed by atoms with Gasteiger partial charge in [0.05, 0.1) is 35.5 Å². The van der Waals surface area contributed by atoms with Gasteiger partial charge in [0.1, 0.15) is 0 Å². The van der Waals surface area contributed by atoms with E-state index in [1.165, 1.54) is 6.92 Å². The van der Waals surface area contributed by atoms with Crippen LogP contribution in [0.15, 0.2) is 48.5 Å². The van der Waals surface area contributed by atoms with Gasteiger partial charge in [-0.05, 0) is 79.8 Å². The molecule has 1 radical (unpaired) electrons. The van der Waals surface area contributed by atoms with E-state index in [-0.39, 0.29) is 25.2 Å². The zero-order chi connectivity index (χ0) is 20.2. The maximum absolute atomic E-state index is 8.11. The summed E-state index contributed by atoms with van der Waals surface area (Å²) in [6.07, 6.45) is 7.53. The number of aliphatic hydroxyl groups is 2. The third-order valence-electron chi connectivity index (χ3n) is 4.31. The van der Waals surface area contributed by atoms with Crippen LogP contribution in [-0.4, -0.2) is 42.9 Å². The summed E-state index contributed by atoms with van der Waals surface area (Å²) in [5.41, 5.74) is 7.86. The van der Waals surface area contributed by atoms with Crippen molar-refractivity contribution in [2.45, 2.75) is 13.0 Å². The van der Waals surface area contributed by atoms with Crippen molar-refractivity contribution >= 4 is 46.4 Å². The number of aliphatic hydroxyl groups excluding tert-OH is 2. The molecule has 5 rings (SSSR count). The number of H-pyrrole nitrogens is 2. The molecule has 3 aromatic rings. The van der Waals surface area contributed by atoms with Crippen molar-refractivity contribution < 1.29 is 28.8 Å². The second-order valence-electron chi connectivity index (χ2n) is 6.94. The second-order valence-corrected chi connectivity index (χ2v) is 6.94. The van der Waals surface area contributed by atoms with Gasteiger partial charge in [0, 0.05) is 40.6 Å². The fourth-order valence-electron chi connectivity index (χ4n) is 2.94. The third-order valence-corrected chi connectivity index (χ3v) is 4.31. The molecule has 0 amide bonds. The van der Waals surface area contributed by atoms with Crippen molar-refractivity contribution in [1.29, 1.82) is 0 Å². The fraction of sp³-hybridized carbons (Fsp3) is 0.130. The second kappa shape index (κ2) is 9.74. The Balaban J connectivity index is 0.000000386. The number of rotatable bonds is 1. The first-order valence-corrected chi connectivity index (χ1v) is 9.41. The molecule has 30 heavy (non-hydrogen) atoms. The van der Waals surface area contributed by atoms with Crippen LogP contribution in [0.2, 0.25) is 0 Å². The number of aromatic nitrogens is 4. The van der Waals surface area contributed by atoms with Gasteiger partial charge in [-0.25, -0.2) is 9.97 Å². The monoisotopic (exact) mass is 437 g/mol. The Labute approximate surface area is 186 Å². The Kier molecular flexibility index (Phi) is 7.08. The molecule has 0 aliphatic carbocycles. The van der Waals surface area contributed by atoms with Gasteiger partial charge in [0.15, 0.2) is 0 Å². The first-order chi connectivity index (χ1) is 14.1. The molecule has 1 atom stereocenters. The summed E-state index contributed by atoms with van der Waals surface area (Å²) in [5, 5.41) is 16.0. The topological polar surface area (TPSA) is 97.8 Å². The van der Waals surface area contributed by atoms with E-state index in [1.807, 2.05) is 48.6 Å². The minimum atomic E-state index is -0.560. The van der Waals surface area contributed by atoms with Gasteiger partial charge >= 0.3 is 0 Å². The summed E-state index contributed by atoms with van der Waals surface area (Å²) >= 11 is 0. The molecule has 7 heteroatoms. The summed E-state index contributed by atoms with van der Waals surface area (Å²) in [7, 11) is 0. The SMILES string of the molecule is C1=Cc2cc3ccc(cc4nc(cc5ccc(cc1n2)[nH]5)C=C4)[nH]3.CC(O)CO.[V]. The summed E-state index contributed by atoms with van der Waals surface area (Å²) in [4.78, 5) is 16.0. The van der Waals surface area contributed by atoms with Crippen LogP contribution in [0.5, 0.6) is 0 Å². The van der Waals surface area contributed by atoms with E-state index in [1.54, 1.807) is 0 Å². The van der Waals surface area contributed by atoms with Crippen LogP contribution >= 0.6 is 0 Å². The van der Waals surface area contributed by atoms with Crippen LogP contribution in [0.1, 0.15) is 29.7 Å². The van der Waals surface area contributed by atoms with Crippen LogP contribution in [0, 0.1) is 0 Å². The number of nitrogens with one attached hydrogen (secondary N) is 2. The van der Waals surface area contributed by atoms with Gasteiger partial charge < -0.3 is 20.2 Å². The quantitative estimate of drug-likeness (QED) is 0.319.